The third kappa shape index (κ3) is 4.41. The van der Waals surface area contributed by atoms with Gasteiger partial charge in [0.1, 0.15) is 17.0 Å². The Kier molecular flexibility index (Phi) is 6.92. The van der Waals surface area contributed by atoms with Crippen LogP contribution in [0, 0.1) is 17.7 Å². The molecule has 2 nitrogen and oxygen atoms in total. The van der Waals surface area contributed by atoms with Crippen LogP contribution in [0.25, 0.3) is 10.8 Å². The molecule has 1 fully saturated rings. The molecule has 1 aliphatic carbocycles. The second kappa shape index (κ2) is 9.13. The summed E-state index contributed by atoms with van der Waals surface area (Å²) in [6.07, 6.45) is 5.12. The molecule has 31 heavy (non-hydrogen) atoms. The molecular formula is C24H27F5O2. The number of alkyl halides is 4. The molecule has 2 aromatic rings. The Labute approximate surface area is 178 Å². The first-order valence-electron chi connectivity index (χ1n) is 10.8. The van der Waals surface area contributed by atoms with Crippen molar-refractivity contribution in [1.82, 2.24) is 0 Å². The summed E-state index contributed by atoms with van der Waals surface area (Å²) < 4.78 is 79.9. The summed E-state index contributed by atoms with van der Waals surface area (Å²) in [5, 5.41) is -0.663. The van der Waals surface area contributed by atoms with Crippen LogP contribution in [-0.4, -0.2) is 5.92 Å². The van der Waals surface area contributed by atoms with Gasteiger partial charge in [-0.2, -0.15) is 17.6 Å². The molecule has 1 saturated carbocycles. The summed E-state index contributed by atoms with van der Waals surface area (Å²) in [4.78, 5) is 12.2. The fraction of sp³-hybridized carbons (Fsp3) is 0.542. The van der Waals surface area contributed by atoms with E-state index in [4.69, 9.17) is 4.42 Å². The highest BCUT2D eigenvalue weighted by molar-refractivity contribution is 5.83. The molecule has 0 unspecified atom stereocenters. The summed E-state index contributed by atoms with van der Waals surface area (Å²) in [6.45, 7) is 5.48. The minimum absolute atomic E-state index is 0.0535. The average molecular weight is 442 g/mol. The molecule has 0 N–H and O–H groups in total. The molecule has 0 amide bonds. The monoisotopic (exact) mass is 442 g/mol. The van der Waals surface area contributed by atoms with Gasteiger partial charge in [-0.25, -0.2) is 9.18 Å². The van der Waals surface area contributed by atoms with Crippen LogP contribution in [0.1, 0.15) is 63.2 Å². The summed E-state index contributed by atoms with van der Waals surface area (Å²) in [5.74, 6) is -11.9. The van der Waals surface area contributed by atoms with E-state index in [0.29, 0.717) is 31.7 Å². The minimum atomic E-state index is -4.75. The Balaban J connectivity index is 1.92. The molecule has 0 radical (unpaired) electrons. The van der Waals surface area contributed by atoms with Crippen molar-refractivity contribution >= 4 is 10.8 Å². The highest BCUT2D eigenvalue weighted by Gasteiger charge is 2.62. The molecule has 170 valence electrons. The molecule has 0 atom stereocenters. The van der Waals surface area contributed by atoms with Crippen molar-refractivity contribution in [2.75, 3.05) is 0 Å². The lowest BCUT2D eigenvalue weighted by molar-refractivity contribution is -0.250. The maximum Gasteiger partial charge on any atom is 0.346 e. The van der Waals surface area contributed by atoms with Gasteiger partial charge >= 0.3 is 17.5 Å². The van der Waals surface area contributed by atoms with Gasteiger partial charge in [0.05, 0.1) is 5.56 Å². The van der Waals surface area contributed by atoms with E-state index < -0.39 is 40.2 Å². The number of rotatable bonds is 8. The Bertz CT molecular complexity index is 987. The van der Waals surface area contributed by atoms with Gasteiger partial charge < -0.3 is 4.42 Å². The van der Waals surface area contributed by atoms with Crippen LogP contribution in [0.4, 0.5) is 22.0 Å². The topological polar surface area (TPSA) is 30.2 Å². The number of halogens is 5. The standard InChI is InChI=1S/C24H27F5O2/c1-3-5-7-15-8-11-17(12-9-15)23(26,27)24(28,29)19-13-10-16-14-18(6-4-2)31-22(30)20(16)21(19)25/h3,10,13-15,17H,1,4-9,11-12H2,2H3. The number of hydrogen-bond acceptors (Lipinski definition) is 2. The van der Waals surface area contributed by atoms with Gasteiger partial charge in [0, 0.05) is 12.3 Å². The van der Waals surface area contributed by atoms with Crippen molar-refractivity contribution in [3.05, 3.63) is 58.4 Å². The van der Waals surface area contributed by atoms with Crippen LogP contribution in [0.2, 0.25) is 0 Å². The zero-order valence-corrected chi connectivity index (χ0v) is 17.5. The predicted molar refractivity (Wildman–Crippen MR) is 110 cm³/mol. The third-order valence-corrected chi connectivity index (χ3v) is 6.31. The van der Waals surface area contributed by atoms with Crippen LogP contribution in [-0.2, 0) is 12.3 Å². The van der Waals surface area contributed by atoms with Gasteiger partial charge in [-0.3, -0.25) is 0 Å². The molecule has 0 aliphatic heterocycles. The van der Waals surface area contributed by atoms with Crippen molar-refractivity contribution in [1.29, 1.82) is 0 Å². The Morgan fingerprint density at radius 2 is 1.84 bits per heavy atom. The van der Waals surface area contributed by atoms with Crippen LogP contribution >= 0.6 is 0 Å². The van der Waals surface area contributed by atoms with Crippen LogP contribution < -0.4 is 5.63 Å². The zero-order valence-electron chi connectivity index (χ0n) is 17.5. The van der Waals surface area contributed by atoms with Gasteiger partial charge in [-0.05, 0) is 68.4 Å². The first-order valence-corrected chi connectivity index (χ1v) is 10.8. The SMILES string of the molecule is C=CCCC1CCC(C(F)(F)C(F)(F)c2ccc3cc(CCC)oc(=O)c3c2F)CC1. The fourth-order valence-corrected chi connectivity index (χ4v) is 4.51. The lowest BCUT2D eigenvalue weighted by atomic mass is 9.75. The average Bonchev–Trinajstić information content (AvgIpc) is 2.72. The number of allylic oxidation sites excluding steroid dienone is 1. The smallest absolute Gasteiger partial charge is 0.346 e. The van der Waals surface area contributed by atoms with Crippen LogP contribution in [0.15, 0.2) is 40.1 Å². The number of fused-ring (bicyclic) bond motifs is 1. The van der Waals surface area contributed by atoms with Crippen molar-refractivity contribution in [3.63, 3.8) is 0 Å². The Hall–Kier alpha value is -2.18. The third-order valence-electron chi connectivity index (χ3n) is 6.31. The van der Waals surface area contributed by atoms with E-state index in [1.165, 1.54) is 6.07 Å². The quantitative estimate of drug-likeness (QED) is 0.315. The highest BCUT2D eigenvalue weighted by Crippen LogP contribution is 2.52. The first kappa shape index (κ1) is 23.5. The summed E-state index contributed by atoms with van der Waals surface area (Å²) >= 11 is 0. The summed E-state index contributed by atoms with van der Waals surface area (Å²) in [7, 11) is 0. The van der Waals surface area contributed by atoms with Crippen molar-refractivity contribution in [3.8, 4) is 0 Å². The molecule has 1 heterocycles. The predicted octanol–water partition coefficient (Wildman–Crippen LogP) is 7.38. The zero-order chi connectivity index (χ0) is 22.8. The minimum Gasteiger partial charge on any atom is -0.427 e. The van der Waals surface area contributed by atoms with E-state index in [1.807, 2.05) is 6.92 Å². The number of hydrogen-bond donors (Lipinski definition) is 0. The number of benzene rings is 1. The first-order chi connectivity index (χ1) is 14.6. The maximum atomic E-state index is 15.0. The lowest BCUT2D eigenvalue weighted by Crippen LogP contribution is -2.46. The molecule has 7 heteroatoms. The number of aryl methyl sites for hydroxylation is 1. The van der Waals surface area contributed by atoms with Gasteiger partial charge in [0.15, 0.2) is 0 Å². The molecule has 0 spiro atoms. The van der Waals surface area contributed by atoms with E-state index in [9.17, 15) is 18.0 Å². The molecule has 1 aromatic heterocycles. The molecule has 0 saturated heterocycles. The normalized spacial score (nSPS) is 20.2. The fourth-order valence-electron chi connectivity index (χ4n) is 4.51. The molecule has 1 aliphatic rings. The van der Waals surface area contributed by atoms with Crippen molar-refractivity contribution in [2.24, 2.45) is 11.8 Å². The lowest BCUT2D eigenvalue weighted by Gasteiger charge is -2.37. The van der Waals surface area contributed by atoms with E-state index in [-0.39, 0.29) is 29.9 Å². The maximum absolute atomic E-state index is 15.0. The molecule has 0 bridgehead atoms. The Morgan fingerprint density at radius 1 is 1.16 bits per heavy atom. The summed E-state index contributed by atoms with van der Waals surface area (Å²) in [6, 6.07) is 3.13. The molecule has 3 rings (SSSR count). The molecular weight excluding hydrogens is 415 g/mol. The Morgan fingerprint density at radius 3 is 2.45 bits per heavy atom. The van der Waals surface area contributed by atoms with Gasteiger partial charge in [-0.15, -0.1) is 6.58 Å². The van der Waals surface area contributed by atoms with Crippen LogP contribution in [0.3, 0.4) is 0 Å². The largest absolute Gasteiger partial charge is 0.427 e. The second-order valence-electron chi connectivity index (χ2n) is 8.42. The van der Waals surface area contributed by atoms with E-state index in [0.717, 1.165) is 18.9 Å². The summed E-state index contributed by atoms with van der Waals surface area (Å²) in [5.41, 5.74) is -2.60. The second-order valence-corrected chi connectivity index (χ2v) is 8.42. The van der Waals surface area contributed by atoms with E-state index >= 15 is 8.78 Å². The van der Waals surface area contributed by atoms with Crippen LogP contribution in [0.5, 0.6) is 0 Å². The van der Waals surface area contributed by atoms with Gasteiger partial charge in [0.25, 0.3) is 0 Å². The van der Waals surface area contributed by atoms with Crippen molar-refractivity contribution < 1.29 is 26.4 Å². The van der Waals surface area contributed by atoms with E-state index in [1.54, 1.807) is 6.08 Å². The van der Waals surface area contributed by atoms with Gasteiger partial charge in [-0.1, -0.05) is 19.1 Å². The highest BCUT2D eigenvalue weighted by atomic mass is 19.3. The van der Waals surface area contributed by atoms with Gasteiger partial charge in [0.2, 0.25) is 0 Å². The molecule has 1 aromatic carbocycles. The van der Waals surface area contributed by atoms with Crippen molar-refractivity contribution in [2.45, 2.75) is 70.1 Å². The van der Waals surface area contributed by atoms with E-state index in [2.05, 4.69) is 6.58 Å².